The Kier molecular flexibility index (Phi) is 5.16. The number of rotatable bonds is 5. The molecular weight excluding hydrogens is 370 g/mol. The van der Waals surface area contributed by atoms with Gasteiger partial charge in [-0.2, -0.15) is 13.9 Å². The normalized spacial score (nSPS) is 15.1. The van der Waals surface area contributed by atoms with Gasteiger partial charge in [0.2, 0.25) is 0 Å². The number of pyridine rings is 1. The number of amides is 1. The predicted molar refractivity (Wildman–Crippen MR) is 97.6 cm³/mol. The van der Waals surface area contributed by atoms with Crippen LogP contribution in [0.5, 0.6) is 5.75 Å². The minimum Gasteiger partial charge on any atom is -0.434 e. The van der Waals surface area contributed by atoms with Gasteiger partial charge < -0.3 is 14.8 Å². The van der Waals surface area contributed by atoms with Crippen molar-refractivity contribution in [2.75, 3.05) is 18.5 Å². The standard InChI is InChI=1S/C19H18F2N4O3/c20-19(21)28-16-4-3-14(17-13(16)2-1-8-22-17)24-18(26)15-5-9-23-25(15)12-6-10-27-11-7-12/h1-5,8-9,12,19H,6-7,10-11H2,(H,24,26). The number of hydrogen-bond donors (Lipinski definition) is 1. The SMILES string of the molecule is O=C(Nc1ccc(OC(F)F)c2cccnc12)c1ccnn1C1CCOCC1. The van der Waals surface area contributed by atoms with Crippen LogP contribution in [0.4, 0.5) is 14.5 Å². The van der Waals surface area contributed by atoms with Crippen LogP contribution in [0.3, 0.4) is 0 Å². The summed E-state index contributed by atoms with van der Waals surface area (Å²) < 4.78 is 36.9. The first-order valence-corrected chi connectivity index (χ1v) is 8.88. The van der Waals surface area contributed by atoms with Gasteiger partial charge in [0.15, 0.2) is 0 Å². The second-order valence-electron chi connectivity index (χ2n) is 6.35. The van der Waals surface area contributed by atoms with Gasteiger partial charge in [-0.15, -0.1) is 0 Å². The molecule has 1 amide bonds. The van der Waals surface area contributed by atoms with E-state index < -0.39 is 6.61 Å². The monoisotopic (exact) mass is 388 g/mol. The number of carbonyl (C=O) groups excluding carboxylic acids is 1. The Morgan fingerprint density at radius 2 is 2.04 bits per heavy atom. The number of hydrogen-bond acceptors (Lipinski definition) is 5. The number of anilines is 1. The first-order chi connectivity index (χ1) is 13.6. The van der Waals surface area contributed by atoms with Crippen LogP contribution in [-0.4, -0.2) is 40.5 Å². The van der Waals surface area contributed by atoms with E-state index in [0.717, 1.165) is 12.8 Å². The summed E-state index contributed by atoms with van der Waals surface area (Å²) in [5.41, 5.74) is 1.19. The number of nitrogens with zero attached hydrogens (tertiary/aromatic N) is 3. The molecule has 3 heterocycles. The fourth-order valence-corrected chi connectivity index (χ4v) is 3.35. The van der Waals surface area contributed by atoms with Gasteiger partial charge >= 0.3 is 6.61 Å². The van der Waals surface area contributed by atoms with Gasteiger partial charge in [-0.3, -0.25) is 14.5 Å². The van der Waals surface area contributed by atoms with Crippen LogP contribution in [0.1, 0.15) is 29.4 Å². The van der Waals surface area contributed by atoms with Crippen molar-refractivity contribution in [2.45, 2.75) is 25.5 Å². The topological polar surface area (TPSA) is 78.3 Å². The third-order valence-corrected chi connectivity index (χ3v) is 4.63. The number of halogens is 2. The molecule has 3 aromatic rings. The zero-order chi connectivity index (χ0) is 19.5. The summed E-state index contributed by atoms with van der Waals surface area (Å²) in [5, 5.41) is 7.49. The maximum Gasteiger partial charge on any atom is 0.387 e. The van der Waals surface area contributed by atoms with Crippen molar-refractivity contribution in [1.29, 1.82) is 0 Å². The van der Waals surface area contributed by atoms with Crippen molar-refractivity contribution in [3.05, 3.63) is 48.4 Å². The minimum atomic E-state index is -2.95. The average Bonchev–Trinajstić information content (AvgIpc) is 3.20. The molecule has 0 bridgehead atoms. The predicted octanol–water partition coefficient (Wildman–Crippen LogP) is 3.64. The van der Waals surface area contributed by atoms with E-state index in [2.05, 4.69) is 20.1 Å². The highest BCUT2D eigenvalue weighted by atomic mass is 19.3. The van der Waals surface area contributed by atoms with Crippen molar-refractivity contribution in [1.82, 2.24) is 14.8 Å². The van der Waals surface area contributed by atoms with Crippen LogP contribution in [-0.2, 0) is 4.74 Å². The summed E-state index contributed by atoms with van der Waals surface area (Å²) in [4.78, 5) is 17.1. The zero-order valence-corrected chi connectivity index (χ0v) is 14.8. The van der Waals surface area contributed by atoms with Crippen molar-refractivity contribution in [3.8, 4) is 5.75 Å². The Morgan fingerprint density at radius 3 is 2.82 bits per heavy atom. The molecule has 1 fully saturated rings. The molecule has 1 saturated heterocycles. The van der Waals surface area contributed by atoms with Gasteiger partial charge in [0.05, 0.1) is 17.2 Å². The van der Waals surface area contributed by atoms with Crippen LogP contribution >= 0.6 is 0 Å². The van der Waals surface area contributed by atoms with Crippen LogP contribution in [0.15, 0.2) is 42.7 Å². The third kappa shape index (κ3) is 3.65. The van der Waals surface area contributed by atoms with Gasteiger partial charge in [0.25, 0.3) is 5.91 Å². The molecule has 0 saturated carbocycles. The van der Waals surface area contributed by atoms with E-state index in [1.54, 1.807) is 29.1 Å². The molecule has 28 heavy (non-hydrogen) atoms. The van der Waals surface area contributed by atoms with E-state index in [4.69, 9.17) is 4.74 Å². The third-order valence-electron chi connectivity index (χ3n) is 4.63. The largest absolute Gasteiger partial charge is 0.434 e. The summed E-state index contributed by atoms with van der Waals surface area (Å²) in [5.74, 6) is -0.346. The molecule has 2 aromatic heterocycles. The molecule has 0 unspecified atom stereocenters. The number of fused-ring (bicyclic) bond motifs is 1. The first-order valence-electron chi connectivity index (χ1n) is 8.88. The minimum absolute atomic E-state index is 0.00310. The molecule has 1 aromatic carbocycles. The molecule has 146 valence electrons. The molecule has 7 nitrogen and oxygen atoms in total. The van der Waals surface area contributed by atoms with Gasteiger partial charge in [0.1, 0.15) is 11.4 Å². The Labute approximate surface area is 159 Å². The summed E-state index contributed by atoms with van der Waals surface area (Å²) in [6.45, 7) is -1.69. The molecule has 9 heteroatoms. The first kappa shape index (κ1) is 18.3. The lowest BCUT2D eigenvalue weighted by atomic mass is 10.1. The van der Waals surface area contributed by atoms with E-state index in [9.17, 15) is 13.6 Å². The van der Waals surface area contributed by atoms with Gasteiger partial charge in [-0.1, -0.05) is 0 Å². The summed E-state index contributed by atoms with van der Waals surface area (Å²) in [6.07, 6.45) is 4.68. The second-order valence-corrected chi connectivity index (χ2v) is 6.35. The van der Waals surface area contributed by atoms with Crippen LogP contribution in [0.2, 0.25) is 0 Å². The molecule has 0 spiro atoms. The maximum atomic E-state index is 12.9. The van der Waals surface area contributed by atoms with Gasteiger partial charge in [0, 0.05) is 31.0 Å². The highest BCUT2D eigenvalue weighted by Gasteiger charge is 2.22. The Bertz CT molecular complexity index is 986. The number of alkyl halides is 2. The van der Waals surface area contributed by atoms with E-state index in [1.807, 2.05) is 0 Å². The maximum absolute atomic E-state index is 12.9. The van der Waals surface area contributed by atoms with Crippen molar-refractivity contribution in [2.24, 2.45) is 0 Å². The zero-order valence-electron chi connectivity index (χ0n) is 14.8. The molecule has 0 aliphatic carbocycles. The lowest BCUT2D eigenvalue weighted by Gasteiger charge is -2.24. The number of carbonyl (C=O) groups is 1. The fourth-order valence-electron chi connectivity index (χ4n) is 3.35. The van der Waals surface area contributed by atoms with Crippen LogP contribution < -0.4 is 10.1 Å². The van der Waals surface area contributed by atoms with E-state index in [-0.39, 0.29) is 17.7 Å². The van der Waals surface area contributed by atoms with Crippen molar-refractivity contribution >= 4 is 22.5 Å². The van der Waals surface area contributed by atoms with Gasteiger partial charge in [-0.05, 0) is 43.2 Å². The van der Waals surface area contributed by atoms with Crippen LogP contribution in [0.25, 0.3) is 10.9 Å². The average molecular weight is 388 g/mol. The highest BCUT2D eigenvalue weighted by Crippen LogP contribution is 2.31. The van der Waals surface area contributed by atoms with E-state index in [0.29, 0.717) is 35.5 Å². The summed E-state index contributed by atoms with van der Waals surface area (Å²) in [6, 6.07) is 7.87. The highest BCUT2D eigenvalue weighted by molar-refractivity contribution is 6.08. The molecule has 1 aliphatic rings. The molecule has 1 aliphatic heterocycles. The van der Waals surface area contributed by atoms with Gasteiger partial charge in [-0.25, -0.2) is 0 Å². The van der Waals surface area contributed by atoms with Crippen molar-refractivity contribution < 1.29 is 23.0 Å². The molecule has 0 radical (unpaired) electrons. The van der Waals surface area contributed by atoms with E-state index >= 15 is 0 Å². The number of aromatic nitrogens is 3. The lowest BCUT2D eigenvalue weighted by Crippen LogP contribution is -2.25. The number of ether oxygens (including phenoxy) is 2. The van der Waals surface area contributed by atoms with Crippen molar-refractivity contribution in [3.63, 3.8) is 0 Å². The lowest BCUT2D eigenvalue weighted by molar-refractivity contribution is -0.0488. The summed E-state index contributed by atoms with van der Waals surface area (Å²) >= 11 is 0. The second kappa shape index (κ2) is 7.89. The molecule has 1 N–H and O–H groups in total. The summed E-state index contributed by atoms with van der Waals surface area (Å²) in [7, 11) is 0. The Morgan fingerprint density at radius 1 is 1.21 bits per heavy atom. The number of nitrogens with one attached hydrogen (secondary N) is 1. The molecule has 0 atom stereocenters. The molecule has 4 rings (SSSR count). The van der Waals surface area contributed by atoms with Crippen LogP contribution in [0, 0.1) is 0 Å². The Balaban J connectivity index is 1.62. The quantitative estimate of drug-likeness (QED) is 0.722. The number of benzene rings is 1. The Hall–Kier alpha value is -3.07. The smallest absolute Gasteiger partial charge is 0.387 e. The van der Waals surface area contributed by atoms with E-state index in [1.165, 1.54) is 18.3 Å². The molecular formula is C19H18F2N4O3. The fraction of sp³-hybridized carbons (Fsp3) is 0.316.